The van der Waals surface area contributed by atoms with Crippen LogP contribution in [0.4, 0.5) is 28.7 Å². The molecule has 204 valence electrons. The van der Waals surface area contributed by atoms with Crippen molar-refractivity contribution in [3.63, 3.8) is 0 Å². The number of nitrogens with zero attached hydrogens (tertiary/aromatic N) is 4. The monoisotopic (exact) mass is 566 g/mol. The van der Waals surface area contributed by atoms with Crippen molar-refractivity contribution < 1.29 is 27.4 Å². The predicted molar refractivity (Wildman–Crippen MR) is 145 cm³/mol. The van der Waals surface area contributed by atoms with Gasteiger partial charge in [-0.15, -0.1) is 29.6 Å². The number of benzene rings is 3. The number of aromatic nitrogens is 4. The van der Waals surface area contributed by atoms with Crippen molar-refractivity contribution in [3.05, 3.63) is 84.1 Å². The highest BCUT2D eigenvalue weighted by Crippen LogP contribution is 2.34. The zero-order chi connectivity index (χ0) is 28.3. The third-order valence-electron chi connectivity index (χ3n) is 5.71. The summed E-state index contributed by atoms with van der Waals surface area (Å²) in [6, 6.07) is 17.4. The molecule has 2 N–H and O–H groups in total. The fourth-order valence-electron chi connectivity index (χ4n) is 3.84. The summed E-state index contributed by atoms with van der Waals surface area (Å²) in [6.07, 6.45) is -3.31. The summed E-state index contributed by atoms with van der Waals surface area (Å²) < 4.78 is 47.7. The normalized spacial score (nSPS) is 11.2. The maximum atomic E-state index is 12.7. The molecule has 0 saturated heterocycles. The van der Waals surface area contributed by atoms with Gasteiger partial charge in [0.2, 0.25) is 0 Å². The average Bonchev–Trinajstić information content (AvgIpc) is 3.59. The SMILES string of the molecule is COc1ccc(-c2ncsc2NC(=O)Nc2ccc(-c3ncn(-c4ccc(OC(F)(F)F)cc4)n3)cc2)c(C)c1. The van der Waals surface area contributed by atoms with Crippen molar-refractivity contribution in [2.75, 3.05) is 17.7 Å². The maximum Gasteiger partial charge on any atom is 0.573 e. The number of carbonyl (C=O) groups excluding carboxylic acids is 1. The van der Waals surface area contributed by atoms with Crippen molar-refractivity contribution >= 4 is 28.1 Å². The molecule has 0 unspecified atom stereocenters. The molecule has 0 saturated carbocycles. The highest BCUT2D eigenvalue weighted by atomic mass is 32.1. The summed E-state index contributed by atoms with van der Waals surface area (Å²) >= 11 is 1.32. The predicted octanol–water partition coefficient (Wildman–Crippen LogP) is 6.92. The van der Waals surface area contributed by atoms with Crippen molar-refractivity contribution in [1.29, 1.82) is 0 Å². The molecule has 2 amide bonds. The molecule has 13 heteroatoms. The lowest BCUT2D eigenvalue weighted by Crippen LogP contribution is -2.19. The standard InChI is InChI=1S/C27H21F3N6O3S/c1-16-13-21(38-2)11-12-22(16)23-25(40-15-32-23)34-26(37)33-18-5-3-17(4-6-18)24-31-14-36(35-24)19-7-9-20(10-8-19)39-27(28,29)30/h3-15H,1-2H3,(H2,33,34,37). The molecule has 0 aliphatic heterocycles. The number of hydrogen-bond acceptors (Lipinski definition) is 7. The van der Waals surface area contributed by atoms with Crippen LogP contribution in [0.5, 0.6) is 11.5 Å². The van der Waals surface area contributed by atoms with Gasteiger partial charge in [-0.2, -0.15) is 0 Å². The molecule has 9 nitrogen and oxygen atoms in total. The number of carbonyl (C=O) groups is 1. The molecule has 0 aliphatic rings. The summed E-state index contributed by atoms with van der Waals surface area (Å²) in [5, 5.41) is 10.6. The van der Waals surface area contributed by atoms with Gasteiger partial charge in [0.25, 0.3) is 0 Å². The van der Waals surface area contributed by atoms with Crippen LogP contribution in [0.1, 0.15) is 5.56 Å². The Morgan fingerprint density at radius 3 is 2.35 bits per heavy atom. The molecule has 0 radical (unpaired) electrons. The van der Waals surface area contributed by atoms with E-state index in [9.17, 15) is 18.0 Å². The molecule has 5 rings (SSSR count). The van der Waals surface area contributed by atoms with Crippen molar-refractivity contribution in [2.45, 2.75) is 13.3 Å². The first kappa shape index (κ1) is 26.7. The van der Waals surface area contributed by atoms with Crippen LogP contribution in [0.25, 0.3) is 28.3 Å². The molecular formula is C27H21F3N6O3S. The maximum absolute atomic E-state index is 12.7. The van der Waals surface area contributed by atoms with E-state index < -0.39 is 12.4 Å². The first-order chi connectivity index (χ1) is 19.2. The third-order valence-corrected chi connectivity index (χ3v) is 6.45. The lowest BCUT2D eigenvalue weighted by molar-refractivity contribution is -0.274. The lowest BCUT2D eigenvalue weighted by Gasteiger charge is -2.10. The van der Waals surface area contributed by atoms with Crippen molar-refractivity contribution in [2.24, 2.45) is 0 Å². The Bertz CT molecular complexity index is 1630. The van der Waals surface area contributed by atoms with Crippen LogP contribution in [-0.4, -0.2) is 39.3 Å². The van der Waals surface area contributed by atoms with Gasteiger partial charge in [0.15, 0.2) is 5.82 Å². The molecule has 40 heavy (non-hydrogen) atoms. The number of nitrogens with one attached hydrogen (secondary N) is 2. The third kappa shape index (κ3) is 6.21. The van der Waals surface area contributed by atoms with Gasteiger partial charge in [0.1, 0.15) is 28.5 Å². The number of halogens is 3. The molecule has 2 aromatic heterocycles. The van der Waals surface area contributed by atoms with E-state index in [4.69, 9.17) is 4.74 Å². The number of ether oxygens (including phenoxy) is 2. The van der Waals surface area contributed by atoms with E-state index in [-0.39, 0.29) is 5.75 Å². The largest absolute Gasteiger partial charge is 0.573 e. The summed E-state index contributed by atoms with van der Waals surface area (Å²) in [6.45, 7) is 1.95. The highest BCUT2D eigenvalue weighted by Gasteiger charge is 2.31. The number of alkyl halides is 3. The second-order valence-corrected chi connectivity index (χ2v) is 9.28. The van der Waals surface area contributed by atoms with Gasteiger partial charge in [0, 0.05) is 16.8 Å². The van der Waals surface area contributed by atoms with Crippen LogP contribution in [0.3, 0.4) is 0 Å². The van der Waals surface area contributed by atoms with E-state index >= 15 is 0 Å². The molecule has 3 aromatic carbocycles. The van der Waals surface area contributed by atoms with Crippen molar-refractivity contribution in [1.82, 2.24) is 19.7 Å². The van der Waals surface area contributed by atoms with Crippen LogP contribution in [0.15, 0.2) is 78.6 Å². The molecule has 0 atom stereocenters. The molecule has 5 aromatic rings. The Morgan fingerprint density at radius 1 is 0.950 bits per heavy atom. The number of aryl methyl sites for hydroxylation is 1. The lowest BCUT2D eigenvalue weighted by atomic mass is 10.1. The second-order valence-electron chi connectivity index (χ2n) is 8.42. The number of thiazole rings is 1. The Hall–Kier alpha value is -4.91. The quantitative estimate of drug-likeness (QED) is 0.222. The van der Waals surface area contributed by atoms with Gasteiger partial charge in [-0.1, -0.05) is 0 Å². The number of methoxy groups -OCH3 is 1. The van der Waals surface area contributed by atoms with Gasteiger partial charge in [-0.25, -0.2) is 19.4 Å². The van der Waals surface area contributed by atoms with Crippen molar-refractivity contribution in [3.8, 4) is 39.8 Å². The number of anilines is 2. The van der Waals surface area contributed by atoms with Gasteiger partial charge in [-0.3, -0.25) is 5.32 Å². The minimum absolute atomic E-state index is 0.328. The van der Waals surface area contributed by atoms with Gasteiger partial charge in [0.05, 0.1) is 18.3 Å². The van der Waals surface area contributed by atoms with Crippen LogP contribution < -0.4 is 20.1 Å². The van der Waals surface area contributed by atoms with E-state index in [0.29, 0.717) is 33.5 Å². The number of amides is 2. The number of hydrogen-bond donors (Lipinski definition) is 2. The van der Waals surface area contributed by atoms with E-state index in [2.05, 4.69) is 30.4 Å². The number of rotatable bonds is 7. The molecule has 2 heterocycles. The molecule has 0 bridgehead atoms. The summed E-state index contributed by atoms with van der Waals surface area (Å²) in [7, 11) is 1.60. The summed E-state index contributed by atoms with van der Waals surface area (Å²) in [5.74, 6) is 0.810. The van der Waals surface area contributed by atoms with Gasteiger partial charge < -0.3 is 14.8 Å². The first-order valence-electron chi connectivity index (χ1n) is 11.7. The van der Waals surface area contributed by atoms with E-state index in [0.717, 1.165) is 16.9 Å². The summed E-state index contributed by atoms with van der Waals surface area (Å²) in [5.41, 5.74) is 5.93. The molecule has 0 aliphatic carbocycles. The van der Waals surface area contributed by atoms with E-state index in [1.807, 2.05) is 25.1 Å². The number of urea groups is 1. The van der Waals surface area contributed by atoms with Gasteiger partial charge in [-0.05, 0) is 79.2 Å². The summed E-state index contributed by atoms with van der Waals surface area (Å²) in [4.78, 5) is 21.4. The van der Waals surface area contributed by atoms with Gasteiger partial charge >= 0.3 is 12.4 Å². The van der Waals surface area contributed by atoms with E-state index in [1.54, 1.807) is 36.9 Å². The minimum atomic E-state index is -4.76. The Balaban J connectivity index is 1.22. The van der Waals surface area contributed by atoms with Crippen LogP contribution in [-0.2, 0) is 0 Å². The zero-order valence-electron chi connectivity index (χ0n) is 21.1. The van der Waals surface area contributed by atoms with E-state index in [1.165, 1.54) is 46.6 Å². The Kier molecular flexibility index (Phi) is 7.38. The highest BCUT2D eigenvalue weighted by molar-refractivity contribution is 7.14. The average molecular weight is 567 g/mol. The first-order valence-corrected chi connectivity index (χ1v) is 12.6. The second kappa shape index (κ2) is 11.1. The topological polar surface area (TPSA) is 103 Å². The fourth-order valence-corrected chi connectivity index (χ4v) is 4.53. The Morgan fingerprint density at radius 2 is 1.68 bits per heavy atom. The smallest absolute Gasteiger partial charge is 0.497 e. The zero-order valence-corrected chi connectivity index (χ0v) is 21.9. The Labute approximate surface area is 230 Å². The minimum Gasteiger partial charge on any atom is -0.497 e. The molecular weight excluding hydrogens is 545 g/mol. The molecule has 0 fully saturated rings. The van der Waals surface area contributed by atoms with Crippen LogP contribution >= 0.6 is 11.3 Å². The van der Waals surface area contributed by atoms with Crippen LogP contribution in [0, 0.1) is 6.92 Å². The fraction of sp³-hybridized carbons (Fsp3) is 0.111. The molecule has 0 spiro atoms. The van der Waals surface area contributed by atoms with Crippen LogP contribution in [0.2, 0.25) is 0 Å².